The maximum Gasteiger partial charge on any atom is 0.165 e. The van der Waals surface area contributed by atoms with Crippen molar-refractivity contribution in [3.63, 3.8) is 0 Å². The van der Waals surface area contributed by atoms with Crippen LogP contribution < -0.4 is 0 Å². The summed E-state index contributed by atoms with van der Waals surface area (Å²) < 4.78 is 4.89. The molecule has 0 spiro atoms. The molecule has 22 aromatic rings. The van der Waals surface area contributed by atoms with Crippen LogP contribution in [0.25, 0.3) is 221 Å². The summed E-state index contributed by atoms with van der Waals surface area (Å²) in [5.41, 5.74) is 26.3. The second-order valence-electron chi connectivity index (χ2n) is 29.9. The van der Waals surface area contributed by atoms with E-state index < -0.39 is 0 Å². The average Bonchev–Trinajstić information content (AvgIpc) is 1.58. The molecule has 9 nitrogen and oxygen atoms in total. The maximum atomic E-state index is 5.16. The number of nitrogens with zero attached hydrogens (tertiary/aromatic N) is 9. The molecule has 122 heavy (non-hydrogen) atoms. The van der Waals surface area contributed by atoms with Crippen LogP contribution in [-0.2, 0) is 0 Å². The molecule has 0 N–H and O–H groups in total. The van der Waals surface area contributed by atoms with Gasteiger partial charge in [-0.25, -0.2) is 44.9 Å². The van der Waals surface area contributed by atoms with E-state index in [1.807, 2.05) is 169 Å². The Kier molecular flexibility index (Phi) is 19.9. The highest BCUT2D eigenvalue weighted by Crippen LogP contribution is 2.47. The Morgan fingerprint density at radius 2 is 0.385 bits per heavy atom. The standard InChI is InChI=1S/C62H40N4S.C49H31N5S/c1-5-16-41(17-6-1)49-24-15-25-50(36-49)58-40-57(65-62(66-58)48-22-11-4-12-23-48)45-32-28-42(29-33-45)51-37-53(60-54(38-51)52-26-13-14-27-59(52)67-60)43-30-34-46(35-31-43)56-39-55(44-18-7-2-8-19-44)63-61(64-56)47-20-9-3-10-21-47;1-5-16-32(17-6-1)42-31-43(33-18-7-2-8-19-33)51-48(50-42)37-25-15-24-36(28-37)38-29-40-39-26-13-14-27-44(39)55-45(40)41(30-38)49-53-46(34-20-9-3-10-21-34)52-47(54-49)35-22-11-4-12-23-35/h1-40H;1-31H. The lowest BCUT2D eigenvalue weighted by atomic mass is 9.94. The van der Waals surface area contributed by atoms with Crippen molar-refractivity contribution in [1.29, 1.82) is 0 Å². The predicted molar refractivity (Wildman–Crippen MR) is 506 cm³/mol. The number of benzene rings is 16. The van der Waals surface area contributed by atoms with Crippen molar-refractivity contribution in [2.24, 2.45) is 0 Å². The van der Waals surface area contributed by atoms with E-state index in [0.717, 1.165) is 144 Å². The van der Waals surface area contributed by atoms with Gasteiger partial charge < -0.3 is 0 Å². The summed E-state index contributed by atoms with van der Waals surface area (Å²) in [6.45, 7) is 0. The van der Waals surface area contributed by atoms with E-state index in [1.165, 1.54) is 41.4 Å². The Morgan fingerprint density at radius 3 is 0.803 bits per heavy atom. The van der Waals surface area contributed by atoms with Crippen LogP contribution in [0.3, 0.4) is 0 Å². The van der Waals surface area contributed by atoms with Crippen LogP contribution in [0.5, 0.6) is 0 Å². The van der Waals surface area contributed by atoms with Gasteiger partial charge in [0.05, 0.1) is 34.2 Å². The van der Waals surface area contributed by atoms with E-state index in [1.54, 1.807) is 11.3 Å². The van der Waals surface area contributed by atoms with Gasteiger partial charge in [-0.1, -0.05) is 364 Å². The zero-order valence-corrected chi connectivity index (χ0v) is 67.5. The summed E-state index contributed by atoms with van der Waals surface area (Å²) >= 11 is 3.62. The van der Waals surface area contributed by atoms with Gasteiger partial charge in [-0.15, -0.1) is 22.7 Å². The fourth-order valence-electron chi connectivity index (χ4n) is 15.9. The third kappa shape index (κ3) is 15.2. The first-order valence-electron chi connectivity index (χ1n) is 40.6. The van der Waals surface area contributed by atoms with E-state index >= 15 is 0 Å². The minimum absolute atomic E-state index is 0.633. The molecule has 0 saturated heterocycles. The molecule has 0 amide bonds. The number of thiophene rings is 2. The summed E-state index contributed by atoms with van der Waals surface area (Å²) in [5.74, 6) is 3.97. The van der Waals surface area contributed by atoms with Crippen molar-refractivity contribution in [1.82, 2.24) is 44.9 Å². The lowest BCUT2D eigenvalue weighted by Crippen LogP contribution is -2.00. The van der Waals surface area contributed by atoms with Gasteiger partial charge in [-0.2, -0.15) is 0 Å². The average molecular weight is 1590 g/mol. The second-order valence-corrected chi connectivity index (χ2v) is 32.0. The molecule has 6 aromatic heterocycles. The van der Waals surface area contributed by atoms with E-state index in [9.17, 15) is 0 Å². The fraction of sp³-hybridized carbons (Fsp3) is 0. The monoisotopic (exact) mass is 1590 g/mol. The first kappa shape index (κ1) is 73.8. The molecule has 572 valence electrons. The van der Waals surface area contributed by atoms with Gasteiger partial charge in [-0.3, -0.25) is 0 Å². The van der Waals surface area contributed by atoms with Crippen LogP contribution in [0, 0.1) is 0 Å². The van der Waals surface area contributed by atoms with Crippen LogP contribution in [0.1, 0.15) is 0 Å². The quantitative estimate of drug-likeness (QED) is 0.0932. The summed E-state index contributed by atoms with van der Waals surface area (Å²) in [6.07, 6.45) is 0. The number of hydrogen-bond acceptors (Lipinski definition) is 11. The largest absolute Gasteiger partial charge is 0.228 e. The summed E-state index contributed by atoms with van der Waals surface area (Å²) in [7, 11) is 0. The van der Waals surface area contributed by atoms with Crippen LogP contribution in [0.15, 0.2) is 431 Å². The van der Waals surface area contributed by atoms with Crippen molar-refractivity contribution in [2.75, 3.05) is 0 Å². The van der Waals surface area contributed by atoms with Gasteiger partial charge >= 0.3 is 0 Å². The van der Waals surface area contributed by atoms with Crippen molar-refractivity contribution in [2.45, 2.75) is 0 Å². The van der Waals surface area contributed by atoms with Crippen molar-refractivity contribution in [3.8, 4) is 180 Å². The lowest BCUT2D eigenvalue weighted by molar-refractivity contribution is 1.08. The molecule has 0 aliphatic rings. The Morgan fingerprint density at radius 1 is 0.131 bits per heavy atom. The number of fused-ring (bicyclic) bond motifs is 6. The molecule has 0 aliphatic carbocycles. The number of hydrogen-bond donors (Lipinski definition) is 0. The molecular weight excluding hydrogens is 1520 g/mol. The second kappa shape index (κ2) is 33.0. The topological polar surface area (TPSA) is 116 Å². The highest BCUT2D eigenvalue weighted by Gasteiger charge is 2.23. The molecule has 0 bridgehead atoms. The minimum Gasteiger partial charge on any atom is -0.228 e. The van der Waals surface area contributed by atoms with Crippen LogP contribution in [0.4, 0.5) is 0 Å². The SMILES string of the molecule is c1ccc(-c2cc(-c3ccccc3)nc(-c3cccc(-c4cc(-c5nc(-c6ccccc6)nc(-c6ccccc6)n5)c5sc6ccccc6c5c4)c3)n2)cc1.c1ccc(-c2cccc(-c3cc(-c4ccc(-c5cc(-c6ccc(-c7cc(-c8ccccc8)nc(-c8ccccc8)n7)cc6)c6sc7ccccc7c6c5)cc4)nc(-c4ccccc4)n3)c2)cc1. The van der Waals surface area contributed by atoms with Crippen LogP contribution in [0.2, 0.25) is 0 Å². The van der Waals surface area contributed by atoms with E-state index in [4.69, 9.17) is 44.9 Å². The predicted octanol–water partition coefficient (Wildman–Crippen LogP) is 29.3. The van der Waals surface area contributed by atoms with Crippen LogP contribution in [-0.4, -0.2) is 44.9 Å². The summed E-state index contributed by atoms with van der Waals surface area (Å²) in [6, 6.07) is 150. The normalized spacial score (nSPS) is 11.3. The molecule has 0 unspecified atom stereocenters. The van der Waals surface area contributed by atoms with Gasteiger partial charge in [0.25, 0.3) is 0 Å². The Hall–Kier alpha value is -15.8. The Bertz CT molecular complexity index is 7400. The zero-order valence-electron chi connectivity index (χ0n) is 65.8. The molecule has 11 heteroatoms. The third-order valence-electron chi connectivity index (χ3n) is 22.1. The van der Waals surface area contributed by atoms with Gasteiger partial charge in [0, 0.05) is 113 Å². The first-order valence-corrected chi connectivity index (χ1v) is 42.2. The Balaban J connectivity index is 0.000000153. The maximum absolute atomic E-state index is 5.16. The molecule has 6 heterocycles. The van der Waals surface area contributed by atoms with Gasteiger partial charge in [0.1, 0.15) is 0 Å². The van der Waals surface area contributed by atoms with E-state index in [2.05, 4.69) is 273 Å². The molecule has 0 fully saturated rings. The molecule has 0 saturated carbocycles. The molecule has 22 rings (SSSR count). The number of aromatic nitrogens is 9. The smallest absolute Gasteiger partial charge is 0.165 e. The Labute approximate surface area is 713 Å². The van der Waals surface area contributed by atoms with Gasteiger partial charge in [0.2, 0.25) is 0 Å². The van der Waals surface area contributed by atoms with E-state index in [0.29, 0.717) is 34.9 Å². The number of rotatable bonds is 16. The van der Waals surface area contributed by atoms with Crippen molar-refractivity contribution < 1.29 is 0 Å². The highest BCUT2D eigenvalue weighted by atomic mass is 32.1. The minimum atomic E-state index is 0.633. The molecule has 0 atom stereocenters. The lowest BCUT2D eigenvalue weighted by Gasteiger charge is -2.12. The fourth-order valence-corrected chi connectivity index (χ4v) is 18.3. The van der Waals surface area contributed by atoms with Crippen LogP contribution >= 0.6 is 22.7 Å². The third-order valence-corrected chi connectivity index (χ3v) is 24.5. The molecular formula is C111H71N9S2. The van der Waals surface area contributed by atoms with Gasteiger partial charge in [0.15, 0.2) is 34.9 Å². The molecule has 0 aliphatic heterocycles. The highest BCUT2D eigenvalue weighted by molar-refractivity contribution is 7.26. The van der Waals surface area contributed by atoms with Crippen molar-refractivity contribution in [3.05, 3.63) is 431 Å². The summed E-state index contributed by atoms with van der Waals surface area (Å²) in [4.78, 5) is 45.9. The molecule has 16 aromatic carbocycles. The van der Waals surface area contributed by atoms with E-state index in [-0.39, 0.29) is 0 Å². The molecule has 0 radical (unpaired) electrons. The summed E-state index contributed by atoms with van der Waals surface area (Å²) in [5, 5.41) is 4.88. The van der Waals surface area contributed by atoms with Crippen molar-refractivity contribution >= 4 is 63.0 Å². The van der Waals surface area contributed by atoms with Gasteiger partial charge in [-0.05, 0) is 106 Å². The first-order chi connectivity index (χ1) is 60.4. The zero-order chi connectivity index (χ0) is 81.1.